The Kier molecular flexibility index (Phi) is 6.67. The van der Waals surface area contributed by atoms with Crippen LogP contribution in [0.2, 0.25) is 0 Å². The number of fused-ring (bicyclic) bond motifs is 1. The lowest BCUT2D eigenvalue weighted by molar-refractivity contribution is 0.0686. The van der Waals surface area contributed by atoms with Crippen LogP contribution in [0.3, 0.4) is 0 Å². The zero-order chi connectivity index (χ0) is 21.8. The number of thiophene rings is 1. The standard InChI is InChI=1S/C25H31N5OS/c31-25(21-3-2-10-26-19-21)27-30-12-7-20(8-13-30)6-11-28-14-16-29(17-15-28)23-4-1-5-24-22(23)9-18-32-24/h1-5,9-10,18-20H,6-8,11-17H2,(H,27,31). The molecule has 1 amide bonds. The van der Waals surface area contributed by atoms with Crippen molar-refractivity contribution in [1.29, 1.82) is 0 Å². The highest BCUT2D eigenvalue weighted by Gasteiger charge is 2.23. The molecule has 5 rings (SSSR count). The molecule has 0 radical (unpaired) electrons. The number of pyridine rings is 1. The predicted molar refractivity (Wildman–Crippen MR) is 131 cm³/mol. The van der Waals surface area contributed by atoms with Crippen molar-refractivity contribution in [3.63, 3.8) is 0 Å². The SMILES string of the molecule is O=C(NN1CCC(CCN2CCN(c3cccc4sccc34)CC2)CC1)c1cccnc1. The Morgan fingerprint density at radius 3 is 2.66 bits per heavy atom. The van der Waals surface area contributed by atoms with Crippen LogP contribution in [0.1, 0.15) is 29.6 Å². The lowest BCUT2D eigenvalue weighted by Gasteiger charge is -2.38. The molecule has 1 N–H and O–H groups in total. The van der Waals surface area contributed by atoms with Crippen LogP contribution in [0.25, 0.3) is 10.1 Å². The number of piperidine rings is 1. The van der Waals surface area contributed by atoms with Gasteiger partial charge in [-0.25, -0.2) is 5.01 Å². The lowest BCUT2D eigenvalue weighted by atomic mass is 9.94. The number of amides is 1. The number of carbonyl (C=O) groups is 1. The Balaban J connectivity index is 1.03. The van der Waals surface area contributed by atoms with Crippen LogP contribution < -0.4 is 10.3 Å². The molecule has 0 saturated carbocycles. The van der Waals surface area contributed by atoms with Gasteiger partial charge in [0.2, 0.25) is 0 Å². The number of hydrogen-bond donors (Lipinski definition) is 1. The molecule has 4 heterocycles. The number of anilines is 1. The Labute approximate surface area is 193 Å². The number of hydrazine groups is 1. The topological polar surface area (TPSA) is 51.7 Å². The van der Waals surface area contributed by atoms with Crippen LogP contribution in [-0.4, -0.2) is 66.6 Å². The van der Waals surface area contributed by atoms with Crippen LogP contribution in [0.4, 0.5) is 5.69 Å². The molecular formula is C25H31N5OS. The first-order chi connectivity index (χ1) is 15.8. The summed E-state index contributed by atoms with van der Waals surface area (Å²) in [7, 11) is 0. The smallest absolute Gasteiger partial charge is 0.267 e. The molecule has 32 heavy (non-hydrogen) atoms. The number of aromatic nitrogens is 1. The van der Waals surface area contributed by atoms with Gasteiger partial charge in [0, 0.05) is 67.4 Å². The average molecular weight is 450 g/mol. The van der Waals surface area contributed by atoms with E-state index < -0.39 is 0 Å². The third-order valence-electron chi connectivity index (χ3n) is 6.84. The Morgan fingerprint density at radius 1 is 1.03 bits per heavy atom. The number of nitrogens with zero attached hydrogens (tertiary/aromatic N) is 4. The highest BCUT2D eigenvalue weighted by atomic mass is 32.1. The molecule has 0 spiro atoms. The Morgan fingerprint density at radius 2 is 1.88 bits per heavy atom. The summed E-state index contributed by atoms with van der Waals surface area (Å²) in [5, 5.41) is 5.66. The first-order valence-corrected chi connectivity index (χ1v) is 12.5. The summed E-state index contributed by atoms with van der Waals surface area (Å²) in [6, 6.07) is 12.5. The summed E-state index contributed by atoms with van der Waals surface area (Å²) in [6.07, 6.45) is 6.85. The van der Waals surface area contributed by atoms with Gasteiger partial charge >= 0.3 is 0 Å². The summed E-state index contributed by atoms with van der Waals surface area (Å²) in [4.78, 5) is 21.5. The Hall–Kier alpha value is -2.48. The molecule has 3 aromatic rings. The van der Waals surface area contributed by atoms with Gasteiger partial charge in [0.1, 0.15) is 0 Å². The molecule has 2 fully saturated rings. The largest absolute Gasteiger partial charge is 0.368 e. The van der Waals surface area contributed by atoms with Gasteiger partial charge in [-0.3, -0.25) is 20.1 Å². The van der Waals surface area contributed by atoms with E-state index in [0.717, 1.165) is 58.0 Å². The molecule has 7 heteroatoms. The van der Waals surface area contributed by atoms with Crippen molar-refractivity contribution in [2.24, 2.45) is 5.92 Å². The van der Waals surface area contributed by atoms with Crippen molar-refractivity contribution >= 4 is 33.0 Å². The minimum atomic E-state index is -0.0624. The van der Waals surface area contributed by atoms with E-state index in [9.17, 15) is 4.79 Å². The number of benzene rings is 1. The van der Waals surface area contributed by atoms with Crippen molar-refractivity contribution in [2.75, 3.05) is 50.7 Å². The molecule has 2 aliphatic heterocycles. The third-order valence-corrected chi connectivity index (χ3v) is 7.72. The minimum absolute atomic E-state index is 0.0624. The van der Waals surface area contributed by atoms with E-state index in [1.165, 1.54) is 28.7 Å². The van der Waals surface area contributed by atoms with Crippen molar-refractivity contribution < 1.29 is 4.79 Å². The molecular weight excluding hydrogens is 418 g/mol. The van der Waals surface area contributed by atoms with E-state index >= 15 is 0 Å². The van der Waals surface area contributed by atoms with Crippen LogP contribution in [0.15, 0.2) is 54.2 Å². The second-order valence-electron chi connectivity index (χ2n) is 8.84. The molecule has 2 aromatic heterocycles. The van der Waals surface area contributed by atoms with Gasteiger partial charge in [-0.05, 0) is 67.4 Å². The zero-order valence-electron chi connectivity index (χ0n) is 18.4. The van der Waals surface area contributed by atoms with E-state index in [1.807, 2.05) is 11.3 Å². The van der Waals surface area contributed by atoms with Gasteiger partial charge < -0.3 is 4.90 Å². The molecule has 2 saturated heterocycles. The normalized spacial score (nSPS) is 18.8. The molecule has 0 bridgehead atoms. The van der Waals surface area contributed by atoms with E-state index in [-0.39, 0.29) is 5.91 Å². The first-order valence-electron chi connectivity index (χ1n) is 11.7. The fourth-order valence-corrected chi connectivity index (χ4v) is 5.68. The molecule has 168 valence electrons. The fraction of sp³-hybridized carbons (Fsp3) is 0.440. The lowest BCUT2D eigenvalue weighted by Crippen LogP contribution is -2.48. The second-order valence-corrected chi connectivity index (χ2v) is 9.79. The minimum Gasteiger partial charge on any atom is -0.368 e. The van der Waals surface area contributed by atoms with Gasteiger partial charge in [-0.1, -0.05) is 6.07 Å². The van der Waals surface area contributed by atoms with Gasteiger partial charge in [-0.2, -0.15) is 0 Å². The van der Waals surface area contributed by atoms with Crippen LogP contribution in [0, 0.1) is 5.92 Å². The van der Waals surface area contributed by atoms with Crippen LogP contribution >= 0.6 is 11.3 Å². The Bertz CT molecular complexity index is 1020. The summed E-state index contributed by atoms with van der Waals surface area (Å²) >= 11 is 1.83. The monoisotopic (exact) mass is 449 g/mol. The average Bonchev–Trinajstić information content (AvgIpc) is 3.34. The number of carbonyl (C=O) groups excluding carboxylic acids is 1. The second kappa shape index (κ2) is 9.98. The molecule has 6 nitrogen and oxygen atoms in total. The highest BCUT2D eigenvalue weighted by Crippen LogP contribution is 2.31. The summed E-state index contributed by atoms with van der Waals surface area (Å²) in [5.74, 6) is 0.687. The summed E-state index contributed by atoms with van der Waals surface area (Å²) in [6.45, 7) is 7.52. The maximum absolute atomic E-state index is 12.3. The summed E-state index contributed by atoms with van der Waals surface area (Å²) in [5.41, 5.74) is 5.04. The van der Waals surface area contributed by atoms with Crippen LogP contribution in [0.5, 0.6) is 0 Å². The first kappa shape index (κ1) is 21.4. The molecule has 2 aliphatic rings. The predicted octanol–water partition coefficient (Wildman–Crippen LogP) is 3.87. The van der Waals surface area contributed by atoms with Crippen molar-refractivity contribution in [3.05, 3.63) is 59.7 Å². The maximum Gasteiger partial charge on any atom is 0.267 e. The van der Waals surface area contributed by atoms with Gasteiger partial charge in [0.15, 0.2) is 0 Å². The van der Waals surface area contributed by atoms with E-state index in [1.54, 1.807) is 24.5 Å². The van der Waals surface area contributed by atoms with E-state index in [4.69, 9.17) is 0 Å². The van der Waals surface area contributed by atoms with Crippen molar-refractivity contribution in [3.8, 4) is 0 Å². The van der Waals surface area contributed by atoms with Crippen molar-refractivity contribution in [1.82, 2.24) is 20.3 Å². The van der Waals surface area contributed by atoms with Gasteiger partial charge in [0.05, 0.1) is 5.56 Å². The quantitative estimate of drug-likeness (QED) is 0.619. The summed E-state index contributed by atoms with van der Waals surface area (Å²) < 4.78 is 1.38. The molecule has 0 aliphatic carbocycles. The zero-order valence-corrected chi connectivity index (χ0v) is 19.3. The van der Waals surface area contributed by atoms with Gasteiger partial charge in [0.25, 0.3) is 5.91 Å². The van der Waals surface area contributed by atoms with Gasteiger partial charge in [-0.15, -0.1) is 11.3 Å². The molecule has 0 unspecified atom stereocenters. The fourth-order valence-electron chi connectivity index (χ4n) is 4.87. The maximum atomic E-state index is 12.3. The molecule has 1 aromatic carbocycles. The van der Waals surface area contributed by atoms with E-state index in [2.05, 4.69) is 54.9 Å². The number of rotatable bonds is 6. The molecule has 0 atom stereocenters. The van der Waals surface area contributed by atoms with E-state index in [0.29, 0.717) is 5.56 Å². The number of hydrogen-bond acceptors (Lipinski definition) is 6. The highest BCUT2D eigenvalue weighted by molar-refractivity contribution is 7.17. The number of nitrogens with one attached hydrogen (secondary N) is 1. The number of piperazine rings is 1. The van der Waals surface area contributed by atoms with Crippen molar-refractivity contribution in [2.45, 2.75) is 19.3 Å². The van der Waals surface area contributed by atoms with Crippen LogP contribution in [-0.2, 0) is 0 Å². The third kappa shape index (κ3) is 4.95.